The van der Waals surface area contributed by atoms with Crippen molar-refractivity contribution in [1.29, 1.82) is 0 Å². The van der Waals surface area contributed by atoms with Crippen molar-refractivity contribution in [2.75, 3.05) is 86.8 Å². The first-order valence-corrected chi connectivity index (χ1v) is 8.68. The van der Waals surface area contributed by atoms with Gasteiger partial charge in [-0.1, -0.05) is 0 Å². The number of hydrogen-bond acceptors (Lipinski definition) is 5. The number of hydrogen-bond donors (Lipinski definition) is 2. The lowest BCUT2D eigenvalue weighted by Gasteiger charge is -2.21. The second-order valence-corrected chi connectivity index (χ2v) is 5.88. The third-order valence-corrected chi connectivity index (χ3v) is 3.95. The molecule has 0 unspecified atom stereocenters. The van der Waals surface area contributed by atoms with Crippen molar-refractivity contribution in [3.63, 3.8) is 0 Å². The summed E-state index contributed by atoms with van der Waals surface area (Å²) < 4.78 is 10.4. The van der Waals surface area contributed by atoms with Crippen molar-refractivity contribution >= 4 is 29.9 Å². The van der Waals surface area contributed by atoms with Gasteiger partial charge in [0.1, 0.15) is 0 Å². The molecule has 1 aliphatic heterocycles. The van der Waals surface area contributed by atoms with Gasteiger partial charge >= 0.3 is 0 Å². The lowest BCUT2D eigenvalue weighted by Crippen LogP contribution is -2.42. The van der Waals surface area contributed by atoms with Crippen LogP contribution in [0.5, 0.6) is 0 Å². The van der Waals surface area contributed by atoms with Crippen LogP contribution in [0.2, 0.25) is 0 Å². The molecule has 0 aromatic heterocycles. The van der Waals surface area contributed by atoms with E-state index >= 15 is 0 Å². The molecule has 2 N–H and O–H groups in total. The Labute approximate surface area is 164 Å². The van der Waals surface area contributed by atoms with Gasteiger partial charge < -0.3 is 29.9 Å². The summed E-state index contributed by atoms with van der Waals surface area (Å²) in [7, 11) is 5.70. The summed E-state index contributed by atoms with van der Waals surface area (Å²) >= 11 is 0. The summed E-state index contributed by atoms with van der Waals surface area (Å²) in [6.45, 7) is 9.63. The zero-order chi connectivity index (χ0) is 16.8. The van der Waals surface area contributed by atoms with Crippen LogP contribution < -0.4 is 10.6 Å². The number of aliphatic imine (C=N–C) groups is 1. The lowest BCUT2D eigenvalue weighted by molar-refractivity contribution is 0.0698. The molecule has 1 aliphatic rings. The number of rotatable bonds is 10. The van der Waals surface area contributed by atoms with E-state index in [4.69, 9.17) is 9.47 Å². The monoisotopic (exact) mass is 457 g/mol. The van der Waals surface area contributed by atoms with E-state index in [1.807, 2.05) is 7.05 Å². The van der Waals surface area contributed by atoms with E-state index in [9.17, 15) is 0 Å². The highest BCUT2D eigenvalue weighted by molar-refractivity contribution is 14.0. The minimum absolute atomic E-state index is 0. The van der Waals surface area contributed by atoms with Crippen LogP contribution >= 0.6 is 24.0 Å². The SMILES string of the molecule is CN=C(NCCCOCCOC)NCCN1CCCN(C)CC1.I. The second kappa shape index (κ2) is 16.3. The predicted molar refractivity (Wildman–Crippen MR) is 111 cm³/mol. The maximum absolute atomic E-state index is 5.43. The summed E-state index contributed by atoms with van der Waals surface area (Å²) in [6, 6.07) is 0. The van der Waals surface area contributed by atoms with E-state index < -0.39 is 0 Å². The highest BCUT2D eigenvalue weighted by Crippen LogP contribution is 1.99. The van der Waals surface area contributed by atoms with Gasteiger partial charge in [-0.05, 0) is 33.0 Å². The molecular formula is C16H36IN5O2. The highest BCUT2D eigenvalue weighted by atomic mass is 127. The van der Waals surface area contributed by atoms with Gasteiger partial charge in [-0.15, -0.1) is 24.0 Å². The topological polar surface area (TPSA) is 61.4 Å². The molecule has 0 amide bonds. The van der Waals surface area contributed by atoms with Crippen molar-refractivity contribution in [2.24, 2.45) is 4.99 Å². The molecule has 0 atom stereocenters. The first-order chi connectivity index (χ1) is 11.3. The molecule has 8 heteroatoms. The predicted octanol–water partition coefficient (Wildman–Crippen LogP) is 0.460. The lowest BCUT2D eigenvalue weighted by atomic mass is 10.4. The number of nitrogens with one attached hydrogen (secondary N) is 2. The zero-order valence-corrected chi connectivity index (χ0v) is 17.9. The van der Waals surface area contributed by atoms with Crippen molar-refractivity contribution in [2.45, 2.75) is 12.8 Å². The third-order valence-electron chi connectivity index (χ3n) is 3.95. The largest absolute Gasteiger partial charge is 0.382 e. The molecule has 1 fully saturated rings. The fraction of sp³-hybridized carbons (Fsp3) is 0.938. The van der Waals surface area contributed by atoms with Crippen molar-refractivity contribution in [3.05, 3.63) is 0 Å². The Bertz CT molecular complexity index is 321. The van der Waals surface area contributed by atoms with E-state index in [-0.39, 0.29) is 24.0 Å². The van der Waals surface area contributed by atoms with E-state index in [0.29, 0.717) is 13.2 Å². The average molecular weight is 457 g/mol. The van der Waals surface area contributed by atoms with Crippen molar-refractivity contribution < 1.29 is 9.47 Å². The molecule has 0 saturated carbocycles. The highest BCUT2D eigenvalue weighted by Gasteiger charge is 2.11. The molecule has 0 bridgehead atoms. The minimum Gasteiger partial charge on any atom is -0.382 e. The molecule has 0 spiro atoms. The van der Waals surface area contributed by atoms with Crippen LogP contribution in [0.25, 0.3) is 0 Å². The minimum atomic E-state index is 0. The summed E-state index contributed by atoms with van der Waals surface area (Å²) in [5, 5.41) is 6.70. The van der Waals surface area contributed by atoms with E-state index in [1.54, 1.807) is 7.11 Å². The molecule has 144 valence electrons. The third kappa shape index (κ3) is 12.2. The van der Waals surface area contributed by atoms with E-state index in [1.165, 1.54) is 19.5 Å². The van der Waals surface area contributed by atoms with Crippen LogP contribution in [0.4, 0.5) is 0 Å². The van der Waals surface area contributed by atoms with E-state index in [2.05, 4.69) is 32.5 Å². The number of ether oxygens (including phenoxy) is 2. The standard InChI is InChI=1S/C16H35N5O2.HI/c1-17-16(18-6-4-13-23-15-14-22-3)19-7-10-21-9-5-8-20(2)11-12-21;/h4-15H2,1-3H3,(H2,17,18,19);1H. The first kappa shape index (κ1) is 23.8. The van der Waals surface area contributed by atoms with Crippen LogP contribution in [0, 0.1) is 0 Å². The van der Waals surface area contributed by atoms with Gasteiger partial charge in [0.2, 0.25) is 0 Å². The van der Waals surface area contributed by atoms with Crippen LogP contribution in [-0.2, 0) is 9.47 Å². The van der Waals surface area contributed by atoms with Gasteiger partial charge in [0.05, 0.1) is 13.2 Å². The number of methoxy groups -OCH3 is 1. The van der Waals surface area contributed by atoms with Gasteiger partial charge in [0.25, 0.3) is 0 Å². The fourth-order valence-electron chi connectivity index (χ4n) is 2.50. The van der Waals surface area contributed by atoms with Gasteiger partial charge in [-0.2, -0.15) is 0 Å². The van der Waals surface area contributed by atoms with Gasteiger partial charge in [-0.3, -0.25) is 4.99 Å². The number of halogens is 1. The van der Waals surface area contributed by atoms with Gasteiger partial charge in [0.15, 0.2) is 5.96 Å². The molecule has 0 radical (unpaired) electrons. The number of likely N-dealkylation sites (N-methyl/N-ethyl adjacent to an activating group) is 1. The first-order valence-electron chi connectivity index (χ1n) is 8.68. The van der Waals surface area contributed by atoms with Gasteiger partial charge in [0, 0.05) is 53.5 Å². The molecular weight excluding hydrogens is 421 g/mol. The molecule has 0 aliphatic carbocycles. The Balaban J connectivity index is 0.00000529. The normalized spacial score (nSPS) is 17.2. The smallest absolute Gasteiger partial charge is 0.191 e. The average Bonchev–Trinajstić information content (AvgIpc) is 2.77. The van der Waals surface area contributed by atoms with Crippen LogP contribution in [0.3, 0.4) is 0 Å². The fourth-order valence-corrected chi connectivity index (χ4v) is 2.50. The summed E-state index contributed by atoms with van der Waals surface area (Å²) in [6.07, 6.45) is 2.22. The van der Waals surface area contributed by atoms with Crippen LogP contribution in [-0.4, -0.2) is 103 Å². The second-order valence-electron chi connectivity index (χ2n) is 5.88. The number of nitrogens with zero attached hydrogens (tertiary/aromatic N) is 3. The van der Waals surface area contributed by atoms with Crippen LogP contribution in [0.15, 0.2) is 4.99 Å². The van der Waals surface area contributed by atoms with Crippen molar-refractivity contribution in [1.82, 2.24) is 20.4 Å². The van der Waals surface area contributed by atoms with Crippen LogP contribution in [0.1, 0.15) is 12.8 Å². The zero-order valence-electron chi connectivity index (χ0n) is 15.6. The van der Waals surface area contributed by atoms with Crippen molar-refractivity contribution in [3.8, 4) is 0 Å². The Morgan fingerprint density at radius 2 is 1.83 bits per heavy atom. The Morgan fingerprint density at radius 3 is 2.58 bits per heavy atom. The maximum Gasteiger partial charge on any atom is 0.191 e. The van der Waals surface area contributed by atoms with E-state index in [0.717, 1.165) is 51.7 Å². The molecule has 1 saturated heterocycles. The Hall–Kier alpha value is -0.160. The molecule has 0 aromatic carbocycles. The summed E-state index contributed by atoms with van der Waals surface area (Å²) in [5.41, 5.74) is 0. The quantitative estimate of drug-likeness (QED) is 0.215. The Morgan fingerprint density at radius 1 is 1.04 bits per heavy atom. The number of guanidine groups is 1. The summed E-state index contributed by atoms with van der Waals surface area (Å²) in [4.78, 5) is 9.18. The maximum atomic E-state index is 5.43. The molecule has 1 heterocycles. The van der Waals surface area contributed by atoms with Gasteiger partial charge in [-0.25, -0.2) is 0 Å². The summed E-state index contributed by atoms with van der Waals surface area (Å²) in [5.74, 6) is 0.869. The molecule has 0 aromatic rings. The Kier molecular flexibility index (Phi) is 16.2. The molecule has 1 rings (SSSR count). The molecule has 24 heavy (non-hydrogen) atoms. The molecule has 7 nitrogen and oxygen atoms in total.